The number of esters is 1. The van der Waals surface area contributed by atoms with E-state index in [0.29, 0.717) is 17.9 Å². The number of carbonyl (C=O) groups excluding carboxylic acids is 2. The SMILES string of the molecule is CCOc1ccc(N2C(=O)CC(C(=O)OC)=C2C)cc1. The van der Waals surface area contributed by atoms with Crippen LogP contribution in [0.3, 0.4) is 0 Å². The van der Waals surface area contributed by atoms with Crippen molar-refractivity contribution in [1.29, 1.82) is 0 Å². The highest BCUT2D eigenvalue weighted by Crippen LogP contribution is 2.31. The molecule has 0 N–H and O–H groups in total. The molecule has 0 saturated heterocycles. The molecule has 106 valence electrons. The summed E-state index contributed by atoms with van der Waals surface area (Å²) in [4.78, 5) is 25.2. The van der Waals surface area contributed by atoms with Crippen LogP contribution in [0.5, 0.6) is 5.75 Å². The van der Waals surface area contributed by atoms with Gasteiger partial charge < -0.3 is 9.47 Å². The van der Waals surface area contributed by atoms with E-state index in [0.717, 1.165) is 11.4 Å². The Hall–Kier alpha value is -2.30. The first-order valence-electron chi connectivity index (χ1n) is 6.42. The number of benzene rings is 1. The van der Waals surface area contributed by atoms with Gasteiger partial charge in [-0.2, -0.15) is 0 Å². The first-order valence-corrected chi connectivity index (χ1v) is 6.42. The lowest BCUT2D eigenvalue weighted by atomic mass is 10.2. The van der Waals surface area contributed by atoms with Crippen molar-refractivity contribution >= 4 is 17.6 Å². The number of rotatable bonds is 4. The summed E-state index contributed by atoms with van der Waals surface area (Å²) in [6, 6.07) is 7.20. The minimum absolute atomic E-state index is 0.0751. The molecule has 1 amide bonds. The zero-order chi connectivity index (χ0) is 14.7. The predicted octanol–water partition coefficient (Wildman–Crippen LogP) is 2.27. The molecule has 5 heteroatoms. The van der Waals surface area contributed by atoms with Gasteiger partial charge in [0.05, 0.1) is 25.7 Å². The highest BCUT2D eigenvalue weighted by atomic mass is 16.5. The smallest absolute Gasteiger partial charge is 0.336 e. The third-order valence-electron chi connectivity index (χ3n) is 3.19. The van der Waals surface area contributed by atoms with Crippen molar-refractivity contribution < 1.29 is 19.1 Å². The van der Waals surface area contributed by atoms with Crippen LogP contribution in [0.15, 0.2) is 35.5 Å². The highest BCUT2D eigenvalue weighted by Gasteiger charge is 2.32. The maximum atomic E-state index is 12.1. The standard InChI is InChI=1S/C15H17NO4/c1-4-20-12-7-5-11(6-8-12)16-10(2)13(9-14(16)17)15(18)19-3/h5-8H,4,9H2,1-3H3. The van der Waals surface area contributed by atoms with Gasteiger partial charge in [-0.25, -0.2) is 4.79 Å². The van der Waals surface area contributed by atoms with E-state index in [4.69, 9.17) is 9.47 Å². The Bertz CT molecular complexity index is 560. The average molecular weight is 275 g/mol. The molecule has 1 aliphatic rings. The van der Waals surface area contributed by atoms with Gasteiger partial charge in [-0.05, 0) is 38.1 Å². The molecule has 0 saturated carbocycles. The summed E-state index contributed by atoms with van der Waals surface area (Å²) in [5.74, 6) is 0.161. The zero-order valence-electron chi connectivity index (χ0n) is 11.8. The van der Waals surface area contributed by atoms with E-state index >= 15 is 0 Å². The minimum Gasteiger partial charge on any atom is -0.494 e. The van der Waals surface area contributed by atoms with E-state index in [1.54, 1.807) is 31.2 Å². The fraction of sp³-hybridized carbons (Fsp3) is 0.333. The van der Waals surface area contributed by atoms with Crippen LogP contribution in [0.4, 0.5) is 5.69 Å². The lowest BCUT2D eigenvalue weighted by Gasteiger charge is -2.18. The van der Waals surface area contributed by atoms with Gasteiger partial charge in [-0.1, -0.05) is 0 Å². The fourth-order valence-electron chi connectivity index (χ4n) is 2.22. The molecular formula is C15H17NO4. The van der Waals surface area contributed by atoms with Gasteiger partial charge in [0.2, 0.25) is 5.91 Å². The summed E-state index contributed by atoms with van der Waals surface area (Å²) in [5.41, 5.74) is 1.74. The van der Waals surface area contributed by atoms with Crippen molar-refractivity contribution in [2.45, 2.75) is 20.3 Å². The molecule has 0 bridgehead atoms. The van der Waals surface area contributed by atoms with Crippen LogP contribution in [-0.4, -0.2) is 25.6 Å². The highest BCUT2D eigenvalue weighted by molar-refractivity contribution is 6.09. The lowest BCUT2D eigenvalue weighted by Crippen LogP contribution is -2.23. The Morgan fingerprint density at radius 2 is 1.95 bits per heavy atom. The second-order valence-corrected chi connectivity index (χ2v) is 4.39. The van der Waals surface area contributed by atoms with Gasteiger partial charge in [-0.15, -0.1) is 0 Å². The van der Waals surface area contributed by atoms with Crippen molar-refractivity contribution in [3.8, 4) is 5.75 Å². The second-order valence-electron chi connectivity index (χ2n) is 4.39. The molecule has 1 aromatic rings. The van der Waals surface area contributed by atoms with Crippen LogP contribution in [0.2, 0.25) is 0 Å². The minimum atomic E-state index is -0.454. The van der Waals surface area contributed by atoms with E-state index in [2.05, 4.69) is 0 Å². The van der Waals surface area contributed by atoms with Gasteiger partial charge in [0, 0.05) is 11.4 Å². The molecule has 0 aliphatic carbocycles. The summed E-state index contributed by atoms with van der Waals surface area (Å²) in [7, 11) is 1.31. The topological polar surface area (TPSA) is 55.8 Å². The predicted molar refractivity (Wildman–Crippen MR) is 74.4 cm³/mol. The zero-order valence-corrected chi connectivity index (χ0v) is 11.8. The monoisotopic (exact) mass is 275 g/mol. The third-order valence-corrected chi connectivity index (χ3v) is 3.19. The number of hydrogen-bond donors (Lipinski definition) is 0. The normalized spacial score (nSPS) is 14.8. The van der Waals surface area contributed by atoms with E-state index in [9.17, 15) is 9.59 Å². The second kappa shape index (κ2) is 5.77. The molecule has 1 aromatic carbocycles. The maximum Gasteiger partial charge on any atom is 0.336 e. The van der Waals surface area contributed by atoms with Crippen LogP contribution in [0.25, 0.3) is 0 Å². The average Bonchev–Trinajstić information content (AvgIpc) is 2.75. The quantitative estimate of drug-likeness (QED) is 0.791. The summed E-state index contributed by atoms with van der Waals surface area (Å²) in [6.07, 6.45) is 0.0751. The number of ether oxygens (including phenoxy) is 2. The molecule has 1 aliphatic heterocycles. The molecule has 2 rings (SSSR count). The molecule has 0 spiro atoms. The number of methoxy groups -OCH3 is 1. The van der Waals surface area contributed by atoms with Crippen molar-refractivity contribution in [2.24, 2.45) is 0 Å². The van der Waals surface area contributed by atoms with Gasteiger partial charge in [0.25, 0.3) is 0 Å². The summed E-state index contributed by atoms with van der Waals surface area (Å²) in [5, 5.41) is 0. The fourth-order valence-corrected chi connectivity index (χ4v) is 2.22. The Morgan fingerprint density at radius 3 is 2.50 bits per heavy atom. The number of hydrogen-bond acceptors (Lipinski definition) is 4. The third kappa shape index (κ3) is 2.52. The van der Waals surface area contributed by atoms with Crippen molar-refractivity contribution in [1.82, 2.24) is 0 Å². The Kier molecular flexibility index (Phi) is 4.08. The molecule has 20 heavy (non-hydrogen) atoms. The van der Waals surface area contributed by atoms with Crippen LogP contribution in [0.1, 0.15) is 20.3 Å². The molecule has 0 radical (unpaired) electrons. The van der Waals surface area contributed by atoms with Crippen molar-refractivity contribution in [3.05, 3.63) is 35.5 Å². The van der Waals surface area contributed by atoms with Crippen molar-refractivity contribution in [2.75, 3.05) is 18.6 Å². The van der Waals surface area contributed by atoms with E-state index in [-0.39, 0.29) is 12.3 Å². The van der Waals surface area contributed by atoms with Crippen LogP contribution >= 0.6 is 0 Å². The first-order chi connectivity index (χ1) is 9.58. The number of nitrogens with zero attached hydrogens (tertiary/aromatic N) is 1. The molecule has 0 unspecified atom stereocenters. The van der Waals surface area contributed by atoms with E-state index in [1.165, 1.54) is 12.0 Å². The number of allylic oxidation sites excluding steroid dienone is 1. The Labute approximate surface area is 117 Å². The number of carbonyl (C=O) groups is 2. The maximum absolute atomic E-state index is 12.1. The lowest BCUT2D eigenvalue weighted by molar-refractivity contribution is -0.136. The van der Waals surface area contributed by atoms with Crippen LogP contribution in [-0.2, 0) is 14.3 Å². The molecule has 0 aromatic heterocycles. The number of amides is 1. The van der Waals surface area contributed by atoms with E-state index in [1.807, 2.05) is 6.92 Å². The summed E-state index contributed by atoms with van der Waals surface area (Å²) < 4.78 is 10.1. The molecule has 0 fully saturated rings. The molecule has 0 atom stereocenters. The first kappa shape index (κ1) is 14.1. The van der Waals surface area contributed by atoms with Crippen LogP contribution in [0, 0.1) is 0 Å². The van der Waals surface area contributed by atoms with Crippen LogP contribution < -0.4 is 9.64 Å². The molecule has 5 nitrogen and oxygen atoms in total. The van der Waals surface area contributed by atoms with Gasteiger partial charge in [0.15, 0.2) is 0 Å². The molecular weight excluding hydrogens is 258 g/mol. The van der Waals surface area contributed by atoms with Gasteiger partial charge >= 0.3 is 5.97 Å². The summed E-state index contributed by atoms with van der Waals surface area (Å²) in [6.45, 7) is 4.24. The molecule has 1 heterocycles. The number of anilines is 1. The summed E-state index contributed by atoms with van der Waals surface area (Å²) >= 11 is 0. The van der Waals surface area contributed by atoms with E-state index < -0.39 is 5.97 Å². The van der Waals surface area contributed by atoms with Gasteiger partial charge in [0.1, 0.15) is 5.75 Å². The Balaban J connectivity index is 2.29. The van der Waals surface area contributed by atoms with Crippen molar-refractivity contribution in [3.63, 3.8) is 0 Å². The Morgan fingerprint density at radius 1 is 1.30 bits per heavy atom. The largest absolute Gasteiger partial charge is 0.494 e. The van der Waals surface area contributed by atoms with Gasteiger partial charge in [-0.3, -0.25) is 9.69 Å².